The maximum Gasteiger partial charge on any atom is 0.133 e. The van der Waals surface area contributed by atoms with E-state index in [4.69, 9.17) is 22.7 Å². The van der Waals surface area contributed by atoms with Gasteiger partial charge in [0.1, 0.15) is 10.8 Å². The highest BCUT2D eigenvalue weighted by Gasteiger charge is 2.06. The normalized spacial score (nSPS) is 10.8. The van der Waals surface area contributed by atoms with Crippen LogP contribution in [0, 0.1) is 11.7 Å². The third-order valence-electron chi connectivity index (χ3n) is 2.40. The molecule has 0 heterocycles. The van der Waals surface area contributed by atoms with Crippen molar-refractivity contribution in [3.8, 4) is 0 Å². The zero-order chi connectivity index (χ0) is 12.8. The number of hydrogen-bond donors (Lipinski definition) is 1. The summed E-state index contributed by atoms with van der Waals surface area (Å²) >= 11 is 4.78. The topological polar surface area (TPSA) is 35.2 Å². The van der Waals surface area contributed by atoms with E-state index >= 15 is 0 Å². The zero-order valence-corrected chi connectivity index (χ0v) is 11.0. The standard InChI is InChI=1S/C13H18FNOS/c1-9(2)5-6-16-8-10-3-4-12(14)11(7-10)13(15)17/h3-4,7,9H,5-6,8H2,1-2H3,(H2,15,17). The monoisotopic (exact) mass is 255 g/mol. The molecule has 0 saturated carbocycles. The van der Waals surface area contributed by atoms with E-state index in [1.54, 1.807) is 12.1 Å². The average Bonchev–Trinajstić information content (AvgIpc) is 2.25. The van der Waals surface area contributed by atoms with Gasteiger partial charge in [0.05, 0.1) is 6.61 Å². The van der Waals surface area contributed by atoms with Crippen molar-refractivity contribution in [2.75, 3.05) is 6.61 Å². The summed E-state index contributed by atoms with van der Waals surface area (Å²) in [5, 5.41) is 0. The van der Waals surface area contributed by atoms with E-state index in [9.17, 15) is 4.39 Å². The van der Waals surface area contributed by atoms with Crippen LogP contribution in [0.3, 0.4) is 0 Å². The second-order valence-electron chi connectivity index (χ2n) is 4.41. The van der Waals surface area contributed by atoms with Crippen LogP contribution in [0.4, 0.5) is 4.39 Å². The minimum Gasteiger partial charge on any atom is -0.389 e. The molecule has 0 radical (unpaired) electrons. The highest BCUT2D eigenvalue weighted by molar-refractivity contribution is 7.80. The Morgan fingerprint density at radius 2 is 2.18 bits per heavy atom. The second kappa shape index (κ2) is 6.67. The van der Waals surface area contributed by atoms with Gasteiger partial charge in [-0.25, -0.2) is 4.39 Å². The van der Waals surface area contributed by atoms with Crippen LogP contribution < -0.4 is 5.73 Å². The Bertz CT molecular complexity index is 393. The van der Waals surface area contributed by atoms with Crippen LogP contribution in [0.1, 0.15) is 31.4 Å². The maximum absolute atomic E-state index is 13.3. The van der Waals surface area contributed by atoms with E-state index in [1.165, 1.54) is 6.07 Å². The van der Waals surface area contributed by atoms with Gasteiger partial charge in [-0.15, -0.1) is 0 Å². The molecule has 0 amide bonds. The van der Waals surface area contributed by atoms with Gasteiger partial charge in [0.2, 0.25) is 0 Å². The molecule has 1 aromatic carbocycles. The molecule has 2 nitrogen and oxygen atoms in total. The van der Waals surface area contributed by atoms with Crippen LogP contribution >= 0.6 is 12.2 Å². The summed E-state index contributed by atoms with van der Waals surface area (Å²) in [5.41, 5.74) is 6.60. The third kappa shape index (κ3) is 4.79. The van der Waals surface area contributed by atoms with Crippen molar-refractivity contribution in [2.24, 2.45) is 11.7 Å². The fourth-order valence-electron chi connectivity index (χ4n) is 1.36. The van der Waals surface area contributed by atoms with Crippen LogP contribution in [-0.4, -0.2) is 11.6 Å². The van der Waals surface area contributed by atoms with Crippen molar-refractivity contribution in [1.29, 1.82) is 0 Å². The Labute approximate surface area is 107 Å². The van der Waals surface area contributed by atoms with E-state index in [0.29, 0.717) is 19.1 Å². The Hall–Kier alpha value is -1.00. The van der Waals surface area contributed by atoms with Crippen LogP contribution in [0.5, 0.6) is 0 Å². The van der Waals surface area contributed by atoms with Gasteiger partial charge in [0.25, 0.3) is 0 Å². The summed E-state index contributed by atoms with van der Waals surface area (Å²) in [6.45, 7) is 5.46. The lowest BCUT2D eigenvalue weighted by molar-refractivity contribution is 0.110. The molecule has 0 atom stereocenters. The van der Waals surface area contributed by atoms with Crippen LogP contribution in [0.15, 0.2) is 18.2 Å². The summed E-state index contributed by atoms with van der Waals surface area (Å²) in [6.07, 6.45) is 1.02. The van der Waals surface area contributed by atoms with E-state index in [-0.39, 0.29) is 16.4 Å². The molecule has 0 spiro atoms. The average molecular weight is 255 g/mol. The minimum atomic E-state index is -0.386. The quantitative estimate of drug-likeness (QED) is 0.627. The van der Waals surface area contributed by atoms with E-state index in [0.717, 1.165) is 12.0 Å². The molecule has 0 unspecified atom stereocenters. The van der Waals surface area contributed by atoms with Gasteiger partial charge >= 0.3 is 0 Å². The summed E-state index contributed by atoms with van der Waals surface area (Å²) in [7, 11) is 0. The number of nitrogens with two attached hydrogens (primary N) is 1. The molecule has 0 aromatic heterocycles. The van der Waals surface area contributed by atoms with Crippen molar-refractivity contribution in [3.63, 3.8) is 0 Å². The van der Waals surface area contributed by atoms with Crippen LogP contribution in [-0.2, 0) is 11.3 Å². The predicted octanol–water partition coefficient (Wildman–Crippen LogP) is 3.02. The largest absolute Gasteiger partial charge is 0.389 e. The van der Waals surface area contributed by atoms with Gasteiger partial charge in [-0.2, -0.15) is 0 Å². The Morgan fingerprint density at radius 3 is 2.76 bits per heavy atom. The smallest absolute Gasteiger partial charge is 0.133 e. The minimum absolute atomic E-state index is 0.0755. The Kier molecular flexibility index (Phi) is 5.51. The fraction of sp³-hybridized carbons (Fsp3) is 0.462. The highest BCUT2D eigenvalue weighted by Crippen LogP contribution is 2.12. The van der Waals surface area contributed by atoms with Gasteiger partial charge in [-0.1, -0.05) is 32.1 Å². The van der Waals surface area contributed by atoms with Crippen LogP contribution in [0.2, 0.25) is 0 Å². The lowest BCUT2D eigenvalue weighted by Crippen LogP contribution is -2.12. The number of halogens is 1. The zero-order valence-electron chi connectivity index (χ0n) is 10.2. The molecule has 17 heavy (non-hydrogen) atoms. The molecule has 0 aliphatic heterocycles. The third-order valence-corrected chi connectivity index (χ3v) is 2.62. The first-order chi connectivity index (χ1) is 8.00. The summed E-state index contributed by atoms with van der Waals surface area (Å²) in [4.78, 5) is 0.0755. The highest BCUT2D eigenvalue weighted by atomic mass is 32.1. The Balaban J connectivity index is 2.54. The van der Waals surface area contributed by atoms with Crippen molar-refractivity contribution >= 4 is 17.2 Å². The van der Waals surface area contributed by atoms with E-state index in [2.05, 4.69) is 13.8 Å². The van der Waals surface area contributed by atoms with Gasteiger partial charge in [0, 0.05) is 12.2 Å². The van der Waals surface area contributed by atoms with Gasteiger partial charge in [-0.3, -0.25) is 0 Å². The molecule has 0 bridgehead atoms. The molecule has 94 valence electrons. The lowest BCUT2D eigenvalue weighted by Gasteiger charge is -2.08. The van der Waals surface area contributed by atoms with Crippen molar-refractivity contribution in [2.45, 2.75) is 26.9 Å². The predicted molar refractivity (Wildman–Crippen MR) is 71.4 cm³/mol. The first-order valence-electron chi connectivity index (χ1n) is 5.66. The first kappa shape index (κ1) is 14.1. The number of hydrogen-bond acceptors (Lipinski definition) is 2. The van der Waals surface area contributed by atoms with Gasteiger partial charge in [0.15, 0.2) is 0 Å². The number of rotatable bonds is 6. The fourth-order valence-corrected chi connectivity index (χ4v) is 1.52. The molecule has 0 aliphatic carbocycles. The van der Waals surface area contributed by atoms with E-state index < -0.39 is 0 Å². The maximum atomic E-state index is 13.3. The molecule has 1 aromatic rings. The van der Waals surface area contributed by atoms with Crippen LogP contribution in [0.25, 0.3) is 0 Å². The molecule has 2 N–H and O–H groups in total. The van der Waals surface area contributed by atoms with Gasteiger partial charge < -0.3 is 10.5 Å². The molecule has 0 saturated heterocycles. The van der Waals surface area contributed by atoms with Crippen molar-refractivity contribution in [3.05, 3.63) is 35.1 Å². The Morgan fingerprint density at radius 1 is 1.47 bits per heavy atom. The first-order valence-corrected chi connectivity index (χ1v) is 6.07. The molecular weight excluding hydrogens is 237 g/mol. The summed E-state index contributed by atoms with van der Waals surface area (Å²) < 4.78 is 18.8. The number of ether oxygens (including phenoxy) is 1. The molecular formula is C13H18FNOS. The van der Waals surface area contributed by atoms with Crippen molar-refractivity contribution in [1.82, 2.24) is 0 Å². The van der Waals surface area contributed by atoms with Crippen molar-refractivity contribution < 1.29 is 9.13 Å². The van der Waals surface area contributed by atoms with Gasteiger partial charge in [-0.05, 0) is 30.0 Å². The molecule has 4 heteroatoms. The molecule has 1 rings (SSSR count). The number of benzene rings is 1. The molecule has 0 fully saturated rings. The molecule has 0 aliphatic rings. The second-order valence-corrected chi connectivity index (χ2v) is 4.85. The lowest BCUT2D eigenvalue weighted by atomic mass is 10.1. The van der Waals surface area contributed by atoms with E-state index in [1.807, 2.05) is 0 Å². The summed E-state index contributed by atoms with van der Waals surface area (Å²) in [5.74, 6) is 0.235. The number of thiocarbonyl (C=S) groups is 1. The SMILES string of the molecule is CC(C)CCOCc1ccc(F)c(C(N)=S)c1. The summed E-state index contributed by atoms with van der Waals surface area (Å²) in [6, 6.07) is 4.70.